The second-order valence-electron chi connectivity index (χ2n) is 23.6. The molecule has 3 unspecified atom stereocenters. The summed E-state index contributed by atoms with van der Waals surface area (Å²) in [5.41, 5.74) is 11.0. The van der Waals surface area contributed by atoms with Gasteiger partial charge in [-0.3, -0.25) is 23.0 Å². The Kier molecular flexibility index (Phi) is 20.9. The van der Waals surface area contributed by atoms with E-state index in [0.717, 1.165) is 63.5 Å². The minimum absolute atomic E-state index is 0.0159. The third-order valence-corrected chi connectivity index (χ3v) is 21.3. The summed E-state index contributed by atoms with van der Waals surface area (Å²) >= 11 is 0. The van der Waals surface area contributed by atoms with Crippen molar-refractivity contribution in [1.82, 2.24) is 35.0 Å². The molecule has 496 valence electrons. The molecule has 1 fully saturated rings. The van der Waals surface area contributed by atoms with Crippen molar-refractivity contribution in [3.05, 3.63) is 108 Å². The molecule has 7 atom stereocenters. The number of likely N-dealkylation sites (N-methyl/N-ethyl adjacent to an activating group) is 1. The molecule has 4 aliphatic heterocycles. The molecule has 91 heavy (non-hydrogen) atoms. The molecule has 36 heteroatoms. The summed E-state index contributed by atoms with van der Waals surface area (Å²) in [6.45, 7) is 15.9. The number of amides is 2. The number of fused-ring (bicyclic) bond motifs is 4. The highest BCUT2D eigenvalue weighted by Crippen LogP contribution is 2.61. The van der Waals surface area contributed by atoms with Crippen LogP contribution in [0.3, 0.4) is 0 Å². The van der Waals surface area contributed by atoms with Gasteiger partial charge in [0, 0.05) is 78.5 Å². The summed E-state index contributed by atoms with van der Waals surface area (Å²) in [7, 11) is -25.9. The fourth-order valence-corrected chi connectivity index (χ4v) is 15.8. The number of imidazole rings is 1. The van der Waals surface area contributed by atoms with Gasteiger partial charge in [0.15, 0.2) is 29.5 Å². The monoisotopic (exact) mass is 1370 g/mol. The predicted molar refractivity (Wildman–Crippen MR) is 333 cm³/mol. The van der Waals surface area contributed by atoms with Crippen LogP contribution in [-0.2, 0) is 62.4 Å². The second-order valence-corrected chi connectivity index (χ2v) is 31.4. The van der Waals surface area contributed by atoms with Gasteiger partial charge in [-0.1, -0.05) is 51.2 Å². The van der Waals surface area contributed by atoms with Crippen LogP contribution < -0.4 is 30.9 Å². The van der Waals surface area contributed by atoms with Crippen LogP contribution in [0.4, 0.5) is 22.0 Å². The maximum atomic E-state index is 13.5. The van der Waals surface area contributed by atoms with Crippen molar-refractivity contribution < 1.29 is 102 Å². The number of aromatic nitrogens is 4. The van der Waals surface area contributed by atoms with Crippen LogP contribution in [0, 0.1) is 5.41 Å². The first-order valence-electron chi connectivity index (χ1n) is 28.4. The van der Waals surface area contributed by atoms with Gasteiger partial charge in [-0.25, -0.2) is 33.4 Å². The van der Waals surface area contributed by atoms with Gasteiger partial charge in [0.1, 0.15) is 42.1 Å². The SMILES string of the molecule is CCN1c2cc3c(cc2C(C)=CC1(C)C)C(=CC=CC=CC1=[N+](CCCS(=O)(=O)O)c2ccc(S(=O)(=O)O)cc2C1(C)CCCC(=O)NCCNC(=O)O[C@@H]1[C@H](O)[C@@H](COP(=O)(O)OP(=O)(O)NP(=O)(O)O)O[C@H]1n1cnc2c(N)ncnc21)C=C(C(C)(C)C)O3. The number of allylic oxidation sites excluding steroid dienone is 9. The van der Waals surface area contributed by atoms with Crippen molar-refractivity contribution in [3.8, 4) is 5.75 Å². The molecule has 1 saturated heterocycles. The highest BCUT2D eigenvalue weighted by atomic mass is 32.2. The first kappa shape index (κ1) is 70.5. The van der Waals surface area contributed by atoms with Crippen molar-refractivity contribution in [2.75, 3.05) is 49.2 Å². The number of carbonyl (C=O) groups excluding carboxylic acids is 2. The first-order chi connectivity index (χ1) is 42.2. The molecule has 2 aromatic heterocycles. The normalized spacial score (nSPS) is 22.7. The zero-order valence-electron chi connectivity index (χ0n) is 50.7. The van der Waals surface area contributed by atoms with Gasteiger partial charge in [0.05, 0.1) is 34.5 Å². The lowest BCUT2D eigenvalue weighted by atomic mass is 9.75. The molecule has 0 spiro atoms. The van der Waals surface area contributed by atoms with Crippen LogP contribution in [0.5, 0.6) is 5.75 Å². The number of benzene rings is 2. The zero-order valence-corrected chi connectivity index (χ0v) is 55.0. The molecular weight excluding hydrogens is 1290 g/mol. The van der Waals surface area contributed by atoms with Crippen LogP contribution >= 0.6 is 23.3 Å². The molecule has 0 saturated carbocycles. The number of alkyl carbamates (subject to hydrolysis) is 1. The van der Waals surface area contributed by atoms with Gasteiger partial charge >= 0.3 is 29.4 Å². The van der Waals surface area contributed by atoms with E-state index in [4.69, 9.17) is 34.3 Å². The smallest absolute Gasteiger partial charge is 0.460 e. The van der Waals surface area contributed by atoms with Crippen LogP contribution in [0.15, 0.2) is 96.2 Å². The number of hydrogen-bond donors (Lipinski definition) is 11. The maximum absolute atomic E-state index is 13.5. The Morgan fingerprint density at radius 2 is 1.66 bits per heavy atom. The highest BCUT2D eigenvalue weighted by Gasteiger charge is 2.51. The largest absolute Gasteiger partial charge is 0.480 e. The lowest BCUT2D eigenvalue weighted by molar-refractivity contribution is -0.437. The topological polar surface area (TPSA) is 453 Å². The number of phosphoric ester groups is 1. The van der Waals surface area contributed by atoms with Crippen molar-refractivity contribution in [2.45, 2.75) is 121 Å². The van der Waals surface area contributed by atoms with Gasteiger partial charge in [-0.05, 0) is 82.9 Å². The molecule has 0 aliphatic carbocycles. The number of ether oxygens (including phenoxy) is 3. The standard InChI is InChI=1S/C55H73N10O21P3S2/c1-9-65-40-28-41-37(27-36(40)33(2)29-54(65,6)7)34(25-44(83-41)53(3,4)5)15-11-10-12-16-43-55(8,38-26-35(91(79,80)81)18-19-39(38)63(43)23-14-24-90(76,77)78)20-13-17-45(66)57-21-22-58-52(68)85-48-47(67)42(30-82-89(74,75)86-88(72,73)62-87(69,70)71)84-51(48)64-32-61-46-49(56)59-31-60-50(46)64/h10-12,15-16,18-19,25-29,31-32,42,47-48,51,67H,9,13-14,17,20-24,30H2,1-8H3,(H10-,56,57,58,59,60,62,66,68,69,70,71,72,73,74,75,76,77,78,79,80,81)/p+1/t42-,47-,48-,51-,55?/m1/s1. The summed E-state index contributed by atoms with van der Waals surface area (Å²) < 4.78 is 135. The minimum Gasteiger partial charge on any atom is -0.460 e. The number of aliphatic hydroxyl groups is 1. The Hall–Kier alpha value is -6.35. The number of nitrogens with one attached hydrogen (secondary N) is 3. The number of phosphoric acid groups is 1. The average Bonchev–Trinajstić information content (AvgIpc) is 1.73. The fourth-order valence-electron chi connectivity index (χ4n) is 11.3. The molecule has 2 aromatic carbocycles. The third-order valence-electron chi connectivity index (χ3n) is 15.4. The van der Waals surface area contributed by atoms with Gasteiger partial charge in [-0.15, -0.1) is 4.86 Å². The fraction of sp³-hybridized carbons (Fsp3) is 0.455. The molecule has 0 radical (unpaired) electrons. The molecule has 12 N–H and O–H groups in total. The number of nitrogens with two attached hydrogens (primary N) is 1. The number of aliphatic hydroxyl groups excluding tert-OH is 1. The number of hydrogen-bond acceptors (Lipinski definition) is 20. The number of rotatable bonds is 25. The zero-order chi connectivity index (χ0) is 67.0. The van der Waals surface area contributed by atoms with Gasteiger partial charge in [0.2, 0.25) is 11.6 Å². The van der Waals surface area contributed by atoms with Crippen molar-refractivity contribution in [1.29, 1.82) is 0 Å². The summed E-state index contributed by atoms with van der Waals surface area (Å²) in [5, 5.41) is 16.5. The summed E-state index contributed by atoms with van der Waals surface area (Å²) in [4.78, 5) is 79.4. The summed E-state index contributed by atoms with van der Waals surface area (Å²) in [6.07, 6.45) is 7.96. The van der Waals surface area contributed by atoms with Crippen molar-refractivity contribution in [2.24, 2.45) is 5.41 Å². The average molecular weight is 1370 g/mol. The van der Waals surface area contributed by atoms with Gasteiger partial charge in [-0.2, -0.15) is 25.7 Å². The molecule has 4 aliphatic rings. The van der Waals surface area contributed by atoms with E-state index in [-0.39, 0.29) is 73.3 Å². The van der Waals surface area contributed by atoms with E-state index in [1.165, 1.54) is 22.8 Å². The van der Waals surface area contributed by atoms with Gasteiger partial charge < -0.3 is 60.2 Å². The van der Waals surface area contributed by atoms with Crippen LogP contribution in [0.25, 0.3) is 22.3 Å². The number of nitrogens with zero attached hydrogens (tertiary/aromatic N) is 6. The Morgan fingerprint density at radius 1 is 0.945 bits per heavy atom. The molecule has 0 bridgehead atoms. The van der Waals surface area contributed by atoms with Gasteiger partial charge in [0.25, 0.3) is 20.2 Å². The highest BCUT2D eigenvalue weighted by molar-refractivity contribution is 7.86. The lowest BCUT2D eigenvalue weighted by Gasteiger charge is -2.43. The number of carbonyl (C=O) groups is 2. The number of anilines is 2. The first-order valence-corrected chi connectivity index (χ1v) is 36.1. The van der Waals surface area contributed by atoms with E-state index in [0.29, 0.717) is 17.0 Å². The van der Waals surface area contributed by atoms with E-state index in [1.807, 2.05) is 35.8 Å². The Morgan fingerprint density at radius 3 is 2.33 bits per heavy atom. The summed E-state index contributed by atoms with van der Waals surface area (Å²) in [6, 6.07) is 8.30. The lowest BCUT2D eigenvalue weighted by Crippen LogP contribution is -2.45. The molecule has 8 rings (SSSR count). The van der Waals surface area contributed by atoms with E-state index < -0.39 is 103 Å². The molecule has 2 amide bonds. The van der Waals surface area contributed by atoms with E-state index in [9.17, 15) is 64.1 Å². The van der Waals surface area contributed by atoms with Crippen LogP contribution in [0.2, 0.25) is 0 Å². The molecule has 31 nitrogen and oxygen atoms in total. The predicted octanol–water partition coefficient (Wildman–Crippen LogP) is 6.09. The maximum Gasteiger partial charge on any atom is 0.480 e. The molecule has 6 heterocycles. The molecular formula is C55H74N10O21P3S2+. The Labute approximate surface area is 524 Å². The van der Waals surface area contributed by atoms with E-state index >= 15 is 0 Å². The molecule has 4 aromatic rings. The van der Waals surface area contributed by atoms with E-state index in [2.05, 4.69) is 101 Å². The van der Waals surface area contributed by atoms with Crippen molar-refractivity contribution in [3.63, 3.8) is 0 Å². The Balaban J connectivity index is 0.967. The Bertz CT molecular complexity index is 4100. The second kappa shape index (κ2) is 26.9. The van der Waals surface area contributed by atoms with Crippen LogP contribution in [-0.4, -0.2) is 155 Å². The summed E-state index contributed by atoms with van der Waals surface area (Å²) in [5.74, 6) is 0.355. The third kappa shape index (κ3) is 16.9. The quantitative estimate of drug-likeness (QED) is 0.0118. The van der Waals surface area contributed by atoms with E-state index in [1.54, 1.807) is 12.2 Å². The minimum atomic E-state index is -5.67. The number of nitrogen functional groups attached to an aromatic ring is 1. The van der Waals surface area contributed by atoms with Crippen molar-refractivity contribution >= 4 is 101 Å². The van der Waals surface area contributed by atoms with Crippen LogP contribution in [0.1, 0.15) is 104 Å².